The monoisotopic (exact) mass is 242 g/mol. The zero-order valence-corrected chi connectivity index (χ0v) is 10.8. The summed E-state index contributed by atoms with van der Waals surface area (Å²) in [5.41, 5.74) is 2.18. The highest BCUT2D eigenvalue weighted by molar-refractivity contribution is 5.83. The van der Waals surface area contributed by atoms with Crippen molar-refractivity contribution in [2.75, 3.05) is 26.7 Å². The number of hydrogen-bond donors (Lipinski definition) is 2. The number of nitrogens with zero attached hydrogens (tertiary/aromatic N) is 2. The Morgan fingerprint density at radius 1 is 1.41 bits per heavy atom. The lowest BCUT2D eigenvalue weighted by molar-refractivity contribution is -0.133. The number of carbonyl (C=O) groups excluding carboxylic acids is 2. The third-order valence-electron chi connectivity index (χ3n) is 3.14. The summed E-state index contributed by atoms with van der Waals surface area (Å²) in [5.74, 6) is 5.15. The fraction of sp³-hybridized carbons (Fsp3) is 0.818. The highest BCUT2D eigenvalue weighted by Gasteiger charge is 2.31. The second kappa shape index (κ2) is 5.97. The van der Waals surface area contributed by atoms with Gasteiger partial charge in [0, 0.05) is 20.1 Å². The molecule has 1 aliphatic rings. The zero-order valence-electron chi connectivity index (χ0n) is 10.8. The highest BCUT2D eigenvalue weighted by Crippen LogP contribution is 2.14. The highest BCUT2D eigenvalue weighted by atomic mass is 16.2. The molecule has 2 amide bonds. The summed E-state index contributed by atoms with van der Waals surface area (Å²) < 4.78 is 0. The van der Waals surface area contributed by atoms with E-state index in [0.29, 0.717) is 0 Å². The smallest absolute Gasteiger partial charge is 0.251 e. The van der Waals surface area contributed by atoms with E-state index in [0.717, 1.165) is 19.5 Å². The Kier molecular flexibility index (Phi) is 4.89. The molecule has 98 valence electrons. The number of nitrogens with two attached hydrogens (primary N) is 1. The molecule has 3 N–H and O–H groups in total. The minimum Gasteiger partial charge on any atom is -0.345 e. The first-order valence-electron chi connectivity index (χ1n) is 5.95. The van der Waals surface area contributed by atoms with Crippen LogP contribution in [0.4, 0.5) is 0 Å². The molecule has 1 aliphatic heterocycles. The summed E-state index contributed by atoms with van der Waals surface area (Å²) in [5, 5.41) is 0. The van der Waals surface area contributed by atoms with E-state index in [9.17, 15) is 9.59 Å². The SMILES string of the molecule is CC(C)C(C(=O)NN)N1CCCN(C)C(=O)C1. The maximum atomic E-state index is 11.8. The van der Waals surface area contributed by atoms with Crippen molar-refractivity contribution in [3.63, 3.8) is 0 Å². The van der Waals surface area contributed by atoms with Gasteiger partial charge in [-0.15, -0.1) is 0 Å². The van der Waals surface area contributed by atoms with E-state index in [4.69, 9.17) is 5.84 Å². The molecule has 1 unspecified atom stereocenters. The summed E-state index contributed by atoms with van der Waals surface area (Å²) in [4.78, 5) is 27.2. The zero-order chi connectivity index (χ0) is 13.0. The largest absolute Gasteiger partial charge is 0.345 e. The van der Waals surface area contributed by atoms with Gasteiger partial charge in [-0.3, -0.25) is 19.9 Å². The van der Waals surface area contributed by atoms with E-state index in [1.807, 2.05) is 18.7 Å². The third-order valence-corrected chi connectivity index (χ3v) is 3.14. The van der Waals surface area contributed by atoms with Gasteiger partial charge < -0.3 is 4.90 Å². The van der Waals surface area contributed by atoms with Gasteiger partial charge >= 0.3 is 0 Å². The Bertz CT molecular complexity index is 293. The lowest BCUT2D eigenvalue weighted by Crippen LogP contribution is -2.53. The minimum absolute atomic E-state index is 0.0537. The minimum atomic E-state index is -0.338. The molecule has 1 heterocycles. The normalized spacial score (nSPS) is 20.3. The molecule has 0 aromatic heterocycles. The lowest BCUT2D eigenvalue weighted by Gasteiger charge is -2.31. The number of carbonyl (C=O) groups is 2. The van der Waals surface area contributed by atoms with Crippen LogP contribution >= 0.6 is 0 Å². The van der Waals surface area contributed by atoms with Crippen LogP contribution < -0.4 is 11.3 Å². The van der Waals surface area contributed by atoms with E-state index < -0.39 is 0 Å². The van der Waals surface area contributed by atoms with E-state index >= 15 is 0 Å². The van der Waals surface area contributed by atoms with Crippen molar-refractivity contribution >= 4 is 11.8 Å². The third kappa shape index (κ3) is 3.41. The fourth-order valence-corrected chi connectivity index (χ4v) is 2.22. The van der Waals surface area contributed by atoms with Crippen molar-refractivity contribution in [3.8, 4) is 0 Å². The van der Waals surface area contributed by atoms with Crippen LogP contribution in [-0.4, -0.2) is 54.3 Å². The second-order valence-electron chi connectivity index (χ2n) is 4.84. The van der Waals surface area contributed by atoms with Gasteiger partial charge in [-0.25, -0.2) is 5.84 Å². The number of nitrogens with one attached hydrogen (secondary N) is 1. The summed E-state index contributed by atoms with van der Waals surface area (Å²) >= 11 is 0. The van der Waals surface area contributed by atoms with Gasteiger partial charge in [-0.2, -0.15) is 0 Å². The average Bonchev–Trinajstić information content (AvgIpc) is 2.41. The first-order valence-corrected chi connectivity index (χ1v) is 5.95. The molecule has 1 rings (SSSR count). The molecule has 0 spiro atoms. The first-order chi connectivity index (χ1) is 7.97. The second-order valence-corrected chi connectivity index (χ2v) is 4.84. The molecule has 0 bridgehead atoms. The van der Waals surface area contributed by atoms with Crippen LogP contribution in [0.5, 0.6) is 0 Å². The Hall–Kier alpha value is -1.14. The van der Waals surface area contributed by atoms with Gasteiger partial charge in [0.1, 0.15) is 0 Å². The number of hydrazine groups is 1. The molecule has 1 atom stereocenters. The van der Waals surface area contributed by atoms with Crippen LogP contribution in [0, 0.1) is 5.92 Å². The van der Waals surface area contributed by atoms with E-state index in [1.165, 1.54) is 0 Å². The van der Waals surface area contributed by atoms with Crippen molar-refractivity contribution in [1.29, 1.82) is 0 Å². The molecule has 0 aromatic rings. The maximum absolute atomic E-state index is 11.8. The molecule has 6 heteroatoms. The van der Waals surface area contributed by atoms with Crippen molar-refractivity contribution in [3.05, 3.63) is 0 Å². The van der Waals surface area contributed by atoms with Crippen molar-refractivity contribution < 1.29 is 9.59 Å². The molecule has 0 radical (unpaired) electrons. The van der Waals surface area contributed by atoms with E-state index in [2.05, 4.69) is 5.43 Å². The van der Waals surface area contributed by atoms with Gasteiger partial charge in [-0.1, -0.05) is 13.8 Å². The lowest BCUT2D eigenvalue weighted by atomic mass is 10.0. The summed E-state index contributed by atoms with van der Waals surface area (Å²) in [6, 6.07) is -0.338. The number of likely N-dealkylation sites (N-methyl/N-ethyl adjacent to an activating group) is 1. The summed E-state index contributed by atoms with van der Waals surface area (Å²) in [7, 11) is 1.79. The standard InChI is InChI=1S/C11H22N4O2/c1-8(2)10(11(17)13-12)15-6-4-5-14(3)9(16)7-15/h8,10H,4-7,12H2,1-3H3,(H,13,17). The molecular formula is C11H22N4O2. The molecule has 17 heavy (non-hydrogen) atoms. The van der Waals surface area contributed by atoms with Crippen LogP contribution in [0.3, 0.4) is 0 Å². The molecular weight excluding hydrogens is 220 g/mol. The van der Waals surface area contributed by atoms with E-state index in [-0.39, 0.29) is 30.3 Å². The van der Waals surface area contributed by atoms with Crippen molar-refractivity contribution in [2.45, 2.75) is 26.3 Å². The molecule has 6 nitrogen and oxygen atoms in total. The Balaban J connectivity index is 2.80. The average molecular weight is 242 g/mol. The van der Waals surface area contributed by atoms with Crippen LogP contribution in [0.2, 0.25) is 0 Å². The van der Waals surface area contributed by atoms with Crippen LogP contribution in [0.15, 0.2) is 0 Å². The van der Waals surface area contributed by atoms with Crippen LogP contribution in [0.1, 0.15) is 20.3 Å². The number of rotatable bonds is 3. The topological polar surface area (TPSA) is 78.7 Å². The van der Waals surface area contributed by atoms with Gasteiger partial charge in [0.25, 0.3) is 5.91 Å². The molecule has 0 aromatic carbocycles. The van der Waals surface area contributed by atoms with Crippen molar-refractivity contribution in [2.24, 2.45) is 11.8 Å². The quantitative estimate of drug-likeness (QED) is 0.384. The van der Waals surface area contributed by atoms with Gasteiger partial charge in [0.15, 0.2) is 0 Å². The summed E-state index contributed by atoms with van der Waals surface area (Å²) in [6.07, 6.45) is 0.878. The molecule has 1 fully saturated rings. The predicted molar refractivity (Wildman–Crippen MR) is 64.8 cm³/mol. The predicted octanol–water partition coefficient (Wildman–Crippen LogP) is -0.835. The van der Waals surface area contributed by atoms with E-state index in [1.54, 1.807) is 11.9 Å². The number of hydrogen-bond acceptors (Lipinski definition) is 4. The Morgan fingerprint density at radius 2 is 2.06 bits per heavy atom. The van der Waals surface area contributed by atoms with Crippen LogP contribution in [0.25, 0.3) is 0 Å². The molecule has 1 saturated heterocycles. The van der Waals surface area contributed by atoms with Crippen molar-refractivity contribution in [1.82, 2.24) is 15.2 Å². The first kappa shape index (κ1) is 13.9. The maximum Gasteiger partial charge on any atom is 0.251 e. The molecule has 0 aliphatic carbocycles. The Morgan fingerprint density at radius 3 is 2.59 bits per heavy atom. The Labute approximate surface area is 102 Å². The fourth-order valence-electron chi connectivity index (χ4n) is 2.22. The van der Waals surface area contributed by atoms with Gasteiger partial charge in [0.05, 0.1) is 12.6 Å². The molecule has 0 saturated carbocycles. The number of amides is 2. The van der Waals surface area contributed by atoms with Crippen LogP contribution in [-0.2, 0) is 9.59 Å². The van der Waals surface area contributed by atoms with Gasteiger partial charge in [0.2, 0.25) is 5.91 Å². The summed E-state index contributed by atoms with van der Waals surface area (Å²) in [6.45, 7) is 5.68. The van der Waals surface area contributed by atoms with Gasteiger partial charge in [-0.05, 0) is 12.3 Å².